The highest BCUT2D eigenvalue weighted by atomic mass is 16.1. The molecule has 4 heteroatoms. The van der Waals surface area contributed by atoms with Crippen molar-refractivity contribution in [3.8, 4) is 0 Å². The highest BCUT2D eigenvalue weighted by molar-refractivity contribution is 5.96. The van der Waals surface area contributed by atoms with E-state index in [9.17, 15) is 4.79 Å². The number of fused-ring (bicyclic) bond motifs is 1. The number of hydrogen-bond acceptors (Lipinski definition) is 3. The summed E-state index contributed by atoms with van der Waals surface area (Å²) in [4.78, 5) is 19.7. The van der Waals surface area contributed by atoms with Gasteiger partial charge in [0.1, 0.15) is 5.52 Å². The highest BCUT2D eigenvalue weighted by Crippen LogP contribution is 2.36. The Hall–Kier alpha value is -1.71. The van der Waals surface area contributed by atoms with Crippen molar-refractivity contribution in [1.29, 1.82) is 0 Å². The second kappa shape index (κ2) is 2.89. The fourth-order valence-electron chi connectivity index (χ4n) is 1.73. The lowest BCUT2D eigenvalue weighted by molar-refractivity contribution is 0.101. The van der Waals surface area contributed by atoms with Crippen LogP contribution in [-0.4, -0.2) is 20.3 Å². The van der Waals surface area contributed by atoms with Crippen molar-refractivity contribution in [1.82, 2.24) is 14.5 Å². The van der Waals surface area contributed by atoms with Crippen molar-refractivity contribution in [2.45, 2.75) is 25.8 Å². The Bertz CT molecular complexity index is 540. The van der Waals surface area contributed by atoms with E-state index < -0.39 is 0 Å². The maximum atomic E-state index is 11.2. The SMILES string of the molecule is CC(=O)c1cnc2c(c1)ncn2C1CC1. The second-order valence-corrected chi connectivity index (χ2v) is 4.01. The van der Waals surface area contributed by atoms with Gasteiger partial charge in [-0.25, -0.2) is 9.97 Å². The molecule has 0 radical (unpaired) electrons. The minimum Gasteiger partial charge on any atom is -0.312 e. The predicted molar refractivity (Wildman–Crippen MR) is 55.8 cm³/mol. The zero-order chi connectivity index (χ0) is 10.4. The molecule has 0 spiro atoms. The summed E-state index contributed by atoms with van der Waals surface area (Å²) in [5.74, 6) is 0.0328. The van der Waals surface area contributed by atoms with Gasteiger partial charge in [-0.3, -0.25) is 4.79 Å². The van der Waals surface area contributed by atoms with E-state index in [1.807, 2.05) is 12.4 Å². The van der Waals surface area contributed by atoms with Crippen LogP contribution in [0.2, 0.25) is 0 Å². The first-order valence-electron chi connectivity index (χ1n) is 5.09. The average molecular weight is 201 g/mol. The lowest BCUT2D eigenvalue weighted by atomic mass is 10.2. The number of ketones is 1. The maximum absolute atomic E-state index is 11.2. The normalized spacial score (nSPS) is 15.8. The fraction of sp³-hybridized carbons (Fsp3) is 0.364. The van der Waals surface area contributed by atoms with Crippen LogP contribution in [-0.2, 0) is 0 Å². The molecular formula is C11H11N3O. The number of pyridine rings is 1. The van der Waals surface area contributed by atoms with Gasteiger partial charge in [-0.05, 0) is 25.8 Å². The monoisotopic (exact) mass is 201 g/mol. The quantitative estimate of drug-likeness (QED) is 0.698. The first-order chi connectivity index (χ1) is 7.25. The van der Waals surface area contributed by atoms with Crippen molar-refractivity contribution < 1.29 is 4.79 Å². The third-order valence-corrected chi connectivity index (χ3v) is 2.76. The van der Waals surface area contributed by atoms with E-state index >= 15 is 0 Å². The Labute approximate surface area is 87.0 Å². The molecule has 3 rings (SSSR count). The summed E-state index contributed by atoms with van der Waals surface area (Å²) >= 11 is 0. The smallest absolute Gasteiger partial charge is 0.161 e. The first-order valence-corrected chi connectivity index (χ1v) is 5.09. The third kappa shape index (κ3) is 1.33. The Morgan fingerprint density at radius 2 is 2.27 bits per heavy atom. The fourth-order valence-corrected chi connectivity index (χ4v) is 1.73. The topological polar surface area (TPSA) is 47.8 Å². The number of imidazole rings is 1. The van der Waals surface area contributed by atoms with Crippen molar-refractivity contribution in [2.75, 3.05) is 0 Å². The minimum absolute atomic E-state index is 0.0328. The Morgan fingerprint density at radius 1 is 1.47 bits per heavy atom. The molecular weight excluding hydrogens is 190 g/mol. The molecule has 76 valence electrons. The molecule has 1 aliphatic carbocycles. The van der Waals surface area contributed by atoms with Gasteiger partial charge in [0.15, 0.2) is 11.4 Å². The molecule has 0 N–H and O–H groups in total. The van der Waals surface area contributed by atoms with E-state index in [2.05, 4.69) is 14.5 Å². The van der Waals surface area contributed by atoms with Gasteiger partial charge in [-0.1, -0.05) is 0 Å². The van der Waals surface area contributed by atoms with Crippen LogP contribution in [0.1, 0.15) is 36.2 Å². The van der Waals surface area contributed by atoms with E-state index in [1.54, 1.807) is 13.1 Å². The molecule has 0 unspecified atom stereocenters. The molecule has 0 aromatic carbocycles. The minimum atomic E-state index is 0.0328. The molecule has 1 fully saturated rings. The summed E-state index contributed by atoms with van der Waals surface area (Å²) < 4.78 is 2.10. The van der Waals surface area contributed by atoms with Gasteiger partial charge in [0.2, 0.25) is 0 Å². The molecule has 2 aromatic heterocycles. The van der Waals surface area contributed by atoms with Crippen molar-refractivity contribution in [2.24, 2.45) is 0 Å². The van der Waals surface area contributed by atoms with Crippen LogP contribution >= 0.6 is 0 Å². The summed E-state index contributed by atoms with van der Waals surface area (Å²) in [5.41, 5.74) is 2.33. The maximum Gasteiger partial charge on any atom is 0.161 e. The van der Waals surface area contributed by atoms with Crippen LogP contribution in [0.15, 0.2) is 18.6 Å². The lowest BCUT2D eigenvalue weighted by Crippen LogP contribution is -1.96. The Balaban J connectivity index is 2.17. The van der Waals surface area contributed by atoms with Crippen molar-refractivity contribution >= 4 is 16.9 Å². The van der Waals surface area contributed by atoms with E-state index in [4.69, 9.17) is 0 Å². The summed E-state index contributed by atoms with van der Waals surface area (Å²) in [6.45, 7) is 1.54. The molecule has 1 aliphatic rings. The van der Waals surface area contributed by atoms with Crippen LogP contribution in [0.3, 0.4) is 0 Å². The molecule has 0 amide bonds. The molecule has 15 heavy (non-hydrogen) atoms. The molecule has 0 aliphatic heterocycles. The Kier molecular flexibility index (Phi) is 1.65. The first kappa shape index (κ1) is 8.59. The van der Waals surface area contributed by atoms with Crippen LogP contribution < -0.4 is 0 Å². The summed E-state index contributed by atoms with van der Waals surface area (Å²) in [5, 5.41) is 0. The number of aromatic nitrogens is 3. The highest BCUT2D eigenvalue weighted by Gasteiger charge is 2.25. The third-order valence-electron chi connectivity index (χ3n) is 2.76. The van der Waals surface area contributed by atoms with Gasteiger partial charge < -0.3 is 4.57 Å². The van der Waals surface area contributed by atoms with Gasteiger partial charge in [-0.2, -0.15) is 0 Å². The zero-order valence-electron chi connectivity index (χ0n) is 8.47. The average Bonchev–Trinajstić information content (AvgIpc) is 2.98. The summed E-state index contributed by atoms with van der Waals surface area (Å²) in [7, 11) is 0. The van der Waals surface area contributed by atoms with Gasteiger partial charge in [-0.15, -0.1) is 0 Å². The van der Waals surface area contributed by atoms with Crippen LogP contribution in [0.4, 0.5) is 0 Å². The van der Waals surface area contributed by atoms with Gasteiger partial charge in [0.05, 0.1) is 6.33 Å². The van der Waals surface area contributed by atoms with E-state index in [1.165, 1.54) is 12.8 Å². The Morgan fingerprint density at radius 3 is 2.93 bits per heavy atom. The summed E-state index contributed by atoms with van der Waals surface area (Å²) in [6, 6.07) is 2.38. The number of nitrogens with zero attached hydrogens (tertiary/aromatic N) is 3. The lowest BCUT2D eigenvalue weighted by Gasteiger charge is -1.99. The van der Waals surface area contributed by atoms with Crippen LogP contribution in [0, 0.1) is 0 Å². The van der Waals surface area contributed by atoms with E-state index in [0.717, 1.165) is 11.2 Å². The molecule has 0 atom stereocenters. The van der Waals surface area contributed by atoms with Crippen molar-refractivity contribution in [3.05, 3.63) is 24.2 Å². The van der Waals surface area contributed by atoms with Crippen molar-refractivity contribution in [3.63, 3.8) is 0 Å². The molecule has 4 nitrogen and oxygen atoms in total. The number of rotatable bonds is 2. The molecule has 0 saturated heterocycles. The number of hydrogen-bond donors (Lipinski definition) is 0. The standard InChI is InChI=1S/C11H11N3O/c1-7(15)8-4-10-11(12-5-8)14(6-13-10)9-2-3-9/h4-6,9H,2-3H2,1H3. The molecule has 2 heterocycles. The van der Waals surface area contributed by atoms with Crippen LogP contribution in [0.25, 0.3) is 11.2 Å². The van der Waals surface area contributed by atoms with Gasteiger partial charge in [0, 0.05) is 17.8 Å². The second-order valence-electron chi connectivity index (χ2n) is 4.01. The molecule has 2 aromatic rings. The van der Waals surface area contributed by atoms with Gasteiger partial charge in [0.25, 0.3) is 0 Å². The van der Waals surface area contributed by atoms with E-state index in [-0.39, 0.29) is 5.78 Å². The zero-order valence-corrected chi connectivity index (χ0v) is 8.47. The number of Topliss-reactive ketones (excluding diaryl/α,β-unsaturated/α-hetero) is 1. The number of carbonyl (C=O) groups is 1. The number of carbonyl (C=O) groups excluding carboxylic acids is 1. The molecule has 0 bridgehead atoms. The summed E-state index contributed by atoms with van der Waals surface area (Å²) in [6.07, 6.45) is 5.87. The van der Waals surface area contributed by atoms with Crippen LogP contribution in [0.5, 0.6) is 0 Å². The van der Waals surface area contributed by atoms with Gasteiger partial charge >= 0.3 is 0 Å². The van der Waals surface area contributed by atoms with E-state index in [0.29, 0.717) is 11.6 Å². The molecule has 1 saturated carbocycles. The predicted octanol–water partition coefficient (Wildman–Crippen LogP) is 1.97. The largest absolute Gasteiger partial charge is 0.312 e.